The quantitative estimate of drug-likeness (QED) is 0.793. The molecule has 2 heterocycles. The molecule has 1 N–H and O–H groups in total. The molecule has 0 aromatic carbocycles. The summed E-state index contributed by atoms with van der Waals surface area (Å²) in [5.41, 5.74) is 0. The minimum Gasteiger partial charge on any atom is -0.354 e. The van der Waals surface area contributed by atoms with Gasteiger partial charge in [0.25, 0.3) is 0 Å². The smallest absolute Gasteiger partial charge is 0.244 e. The van der Waals surface area contributed by atoms with Crippen LogP contribution in [0.4, 0.5) is 0 Å². The van der Waals surface area contributed by atoms with Crippen molar-refractivity contribution >= 4 is 17.5 Å². The maximum Gasteiger partial charge on any atom is 0.244 e. The minimum absolute atomic E-state index is 0.00491. The van der Waals surface area contributed by atoms with Crippen molar-refractivity contribution in [3.8, 4) is 0 Å². The Morgan fingerprint density at radius 1 is 1.50 bits per heavy atom. The number of rotatable bonds is 7. The third-order valence-electron chi connectivity index (χ3n) is 3.00. The van der Waals surface area contributed by atoms with Crippen LogP contribution in [0.2, 0.25) is 5.02 Å². The van der Waals surface area contributed by atoms with E-state index in [0.29, 0.717) is 18.0 Å². The normalized spacial score (nSPS) is 12.3. The molecule has 1 amide bonds. The van der Waals surface area contributed by atoms with Crippen LogP contribution in [-0.2, 0) is 11.3 Å². The molecule has 0 spiro atoms. The lowest BCUT2D eigenvalue weighted by Gasteiger charge is -2.15. The van der Waals surface area contributed by atoms with Crippen LogP contribution in [-0.4, -0.2) is 32.0 Å². The largest absolute Gasteiger partial charge is 0.354 e. The number of halogens is 1. The molecular weight excluding hydrogens is 278 g/mol. The number of nitrogens with zero attached hydrogens (tertiary/aromatic N) is 4. The third-order valence-corrected chi connectivity index (χ3v) is 3.19. The summed E-state index contributed by atoms with van der Waals surface area (Å²) in [6.07, 6.45) is 8.37. The molecular formula is C13H18ClN5O. The van der Waals surface area contributed by atoms with Gasteiger partial charge in [0.05, 0.1) is 11.2 Å². The lowest BCUT2D eigenvalue weighted by atomic mass is 10.2. The van der Waals surface area contributed by atoms with Gasteiger partial charge in [-0.2, -0.15) is 10.2 Å². The van der Waals surface area contributed by atoms with E-state index in [1.807, 2.05) is 13.0 Å². The molecule has 7 heteroatoms. The molecule has 0 aliphatic carbocycles. The highest BCUT2D eigenvalue weighted by Gasteiger charge is 2.17. The summed E-state index contributed by atoms with van der Waals surface area (Å²) in [4.78, 5) is 12.1. The first kappa shape index (κ1) is 14.6. The molecule has 1 atom stereocenters. The van der Waals surface area contributed by atoms with Crippen molar-refractivity contribution in [2.24, 2.45) is 0 Å². The van der Waals surface area contributed by atoms with Gasteiger partial charge in [-0.1, -0.05) is 18.5 Å². The molecule has 0 unspecified atom stereocenters. The highest BCUT2D eigenvalue weighted by atomic mass is 35.5. The first-order chi connectivity index (χ1) is 9.70. The maximum atomic E-state index is 12.1. The predicted molar refractivity (Wildman–Crippen MR) is 76.4 cm³/mol. The summed E-state index contributed by atoms with van der Waals surface area (Å²) < 4.78 is 3.45. The molecule has 6 nitrogen and oxygen atoms in total. The van der Waals surface area contributed by atoms with Crippen LogP contribution in [0.3, 0.4) is 0 Å². The predicted octanol–water partition coefficient (Wildman–Crippen LogP) is 1.89. The fourth-order valence-electron chi connectivity index (χ4n) is 1.99. The van der Waals surface area contributed by atoms with Crippen molar-refractivity contribution in [2.45, 2.75) is 32.4 Å². The summed E-state index contributed by atoms with van der Waals surface area (Å²) >= 11 is 5.78. The number of carbonyl (C=O) groups excluding carboxylic acids is 1. The molecule has 0 aliphatic heterocycles. The van der Waals surface area contributed by atoms with Crippen molar-refractivity contribution in [3.05, 3.63) is 35.9 Å². The van der Waals surface area contributed by atoms with E-state index >= 15 is 0 Å². The van der Waals surface area contributed by atoms with E-state index in [1.54, 1.807) is 34.2 Å². The Bertz CT molecular complexity index is 537. The summed E-state index contributed by atoms with van der Waals surface area (Å²) in [5.74, 6) is -0.00491. The van der Waals surface area contributed by atoms with Crippen molar-refractivity contribution in [1.29, 1.82) is 0 Å². The van der Waals surface area contributed by atoms with Crippen LogP contribution in [0.1, 0.15) is 25.8 Å². The van der Waals surface area contributed by atoms with Gasteiger partial charge in [0.15, 0.2) is 0 Å². The van der Waals surface area contributed by atoms with Crippen LogP contribution < -0.4 is 5.32 Å². The topological polar surface area (TPSA) is 64.7 Å². The van der Waals surface area contributed by atoms with E-state index in [-0.39, 0.29) is 11.9 Å². The lowest BCUT2D eigenvalue weighted by molar-refractivity contribution is -0.124. The van der Waals surface area contributed by atoms with Gasteiger partial charge in [-0.15, -0.1) is 0 Å². The number of hydrogen-bond acceptors (Lipinski definition) is 3. The van der Waals surface area contributed by atoms with Crippen LogP contribution in [0, 0.1) is 0 Å². The Balaban J connectivity index is 1.74. The molecule has 0 saturated carbocycles. The standard InChI is InChI=1S/C13H18ClN5O/c1-2-12(19-8-4-6-16-19)13(20)15-5-3-7-18-10-11(14)9-17-18/h4,6,8-10,12H,2-3,5,7H2,1H3,(H,15,20)/t12-/m0/s1. The summed E-state index contributed by atoms with van der Waals surface area (Å²) in [5, 5.41) is 11.7. The molecule has 0 aliphatic rings. The zero-order valence-electron chi connectivity index (χ0n) is 11.4. The van der Waals surface area contributed by atoms with Gasteiger partial charge in [0.2, 0.25) is 5.91 Å². The Morgan fingerprint density at radius 2 is 2.35 bits per heavy atom. The Labute approximate surface area is 122 Å². The molecule has 0 saturated heterocycles. The van der Waals surface area contributed by atoms with Gasteiger partial charge in [0, 0.05) is 31.7 Å². The Kier molecular flexibility index (Phi) is 5.17. The van der Waals surface area contributed by atoms with Gasteiger partial charge in [-0.05, 0) is 18.9 Å². The minimum atomic E-state index is -0.246. The van der Waals surface area contributed by atoms with Gasteiger partial charge in [-0.25, -0.2) is 0 Å². The van der Waals surface area contributed by atoms with Crippen LogP contribution >= 0.6 is 11.6 Å². The molecule has 20 heavy (non-hydrogen) atoms. The zero-order chi connectivity index (χ0) is 14.4. The lowest BCUT2D eigenvalue weighted by Crippen LogP contribution is -2.33. The van der Waals surface area contributed by atoms with Crippen molar-refractivity contribution in [2.75, 3.05) is 6.54 Å². The Hall–Kier alpha value is -1.82. The summed E-state index contributed by atoms with van der Waals surface area (Å²) in [6, 6.07) is 1.57. The van der Waals surface area contributed by atoms with Gasteiger partial charge >= 0.3 is 0 Å². The van der Waals surface area contributed by atoms with E-state index in [9.17, 15) is 4.79 Å². The molecule has 2 aromatic rings. The molecule has 2 rings (SSSR count). The van der Waals surface area contributed by atoms with E-state index in [0.717, 1.165) is 13.0 Å². The number of hydrogen-bond donors (Lipinski definition) is 1. The zero-order valence-corrected chi connectivity index (χ0v) is 12.1. The molecule has 108 valence electrons. The van der Waals surface area contributed by atoms with Gasteiger partial charge < -0.3 is 5.32 Å². The molecule has 2 aromatic heterocycles. The van der Waals surface area contributed by atoms with E-state index in [2.05, 4.69) is 15.5 Å². The SMILES string of the molecule is CC[C@@H](C(=O)NCCCn1cc(Cl)cn1)n1cccn1. The number of amides is 1. The van der Waals surface area contributed by atoms with E-state index < -0.39 is 0 Å². The first-order valence-electron chi connectivity index (χ1n) is 6.65. The van der Waals surface area contributed by atoms with Crippen LogP contribution in [0.25, 0.3) is 0 Å². The molecule has 0 bridgehead atoms. The number of carbonyl (C=O) groups is 1. The van der Waals surface area contributed by atoms with Gasteiger partial charge in [0.1, 0.15) is 6.04 Å². The average Bonchev–Trinajstić information content (AvgIpc) is 3.08. The molecule has 0 fully saturated rings. The van der Waals surface area contributed by atoms with E-state index in [1.165, 1.54) is 0 Å². The van der Waals surface area contributed by atoms with Crippen molar-refractivity contribution < 1.29 is 4.79 Å². The van der Waals surface area contributed by atoms with Crippen molar-refractivity contribution in [3.63, 3.8) is 0 Å². The number of aromatic nitrogens is 4. The van der Waals surface area contributed by atoms with Gasteiger partial charge in [-0.3, -0.25) is 14.2 Å². The molecule has 0 radical (unpaired) electrons. The second-order valence-corrected chi connectivity index (χ2v) is 4.91. The second-order valence-electron chi connectivity index (χ2n) is 4.48. The third kappa shape index (κ3) is 3.84. The Morgan fingerprint density at radius 3 is 2.95 bits per heavy atom. The maximum absolute atomic E-state index is 12.1. The second kappa shape index (κ2) is 7.09. The van der Waals surface area contributed by atoms with Crippen molar-refractivity contribution in [1.82, 2.24) is 24.9 Å². The van der Waals surface area contributed by atoms with Crippen LogP contribution in [0.15, 0.2) is 30.9 Å². The fourth-order valence-corrected chi connectivity index (χ4v) is 2.14. The monoisotopic (exact) mass is 295 g/mol. The summed E-state index contributed by atoms with van der Waals surface area (Å²) in [6.45, 7) is 3.30. The highest BCUT2D eigenvalue weighted by Crippen LogP contribution is 2.09. The fraction of sp³-hybridized carbons (Fsp3) is 0.462. The summed E-state index contributed by atoms with van der Waals surface area (Å²) in [7, 11) is 0. The van der Waals surface area contributed by atoms with E-state index in [4.69, 9.17) is 11.6 Å². The first-order valence-corrected chi connectivity index (χ1v) is 7.03. The highest BCUT2D eigenvalue weighted by molar-refractivity contribution is 6.30. The average molecular weight is 296 g/mol. The number of nitrogens with one attached hydrogen (secondary N) is 1. The van der Waals surface area contributed by atoms with Crippen LogP contribution in [0.5, 0.6) is 0 Å². The number of aryl methyl sites for hydroxylation is 1.